The Bertz CT molecular complexity index is 687. The maximum absolute atomic E-state index is 11.0. The Morgan fingerprint density at radius 1 is 1.30 bits per heavy atom. The summed E-state index contributed by atoms with van der Waals surface area (Å²) >= 11 is 0. The first kappa shape index (κ1) is 13.3. The molecule has 102 valence electrons. The van der Waals surface area contributed by atoms with E-state index in [9.17, 15) is 14.9 Å². The number of hydrogen-bond donors (Lipinski definition) is 2. The van der Waals surface area contributed by atoms with Crippen LogP contribution < -0.4 is 16.2 Å². The number of rotatable bonds is 4. The standard InChI is InChI=1S/C12H10N4O4/c13-8-6-15-4-3-10(8)20-11-2-1-7(12(14)17)5-9(11)16(18)19/h1-6H,13H2,(H2,14,17). The van der Waals surface area contributed by atoms with Crippen LogP contribution in [0.3, 0.4) is 0 Å². The van der Waals surface area contributed by atoms with Gasteiger partial charge >= 0.3 is 5.69 Å². The number of nitro benzene ring substituents is 1. The number of nitrogens with zero attached hydrogens (tertiary/aromatic N) is 2. The summed E-state index contributed by atoms with van der Waals surface area (Å²) in [6.45, 7) is 0. The molecular weight excluding hydrogens is 264 g/mol. The molecule has 1 aromatic carbocycles. The van der Waals surface area contributed by atoms with E-state index in [1.54, 1.807) is 0 Å². The third-order valence-electron chi connectivity index (χ3n) is 2.47. The van der Waals surface area contributed by atoms with Crippen molar-refractivity contribution in [3.05, 3.63) is 52.3 Å². The molecule has 0 fully saturated rings. The zero-order chi connectivity index (χ0) is 14.7. The number of primary amides is 1. The van der Waals surface area contributed by atoms with E-state index in [-0.39, 0.29) is 28.4 Å². The lowest BCUT2D eigenvalue weighted by Crippen LogP contribution is -2.11. The van der Waals surface area contributed by atoms with Gasteiger partial charge in [-0.1, -0.05) is 0 Å². The van der Waals surface area contributed by atoms with Crippen LogP contribution in [0.15, 0.2) is 36.7 Å². The van der Waals surface area contributed by atoms with Crippen LogP contribution in [0.4, 0.5) is 11.4 Å². The zero-order valence-electron chi connectivity index (χ0n) is 10.1. The number of carbonyl (C=O) groups is 1. The summed E-state index contributed by atoms with van der Waals surface area (Å²) in [6.07, 6.45) is 2.80. The molecule has 0 aliphatic rings. The molecule has 2 aromatic rings. The Hall–Kier alpha value is -3.16. The van der Waals surface area contributed by atoms with Crippen LogP contribution in [0, 0.1) is 10.1 Å². The van der Waals surface area contributed by atoms with Crippen molar-refractivity contribution in [3.63, 3.8) is 0 Å². The highest BCUT2D eigenvalue weighted by Crippen LogP contribution is 2.34. The van der Waals surface area contributed by atoms with Crippen LogP contribution in [0.25, 0.3) is 0 Å². The predicted octanol–water partition coefficient (Wildman–Crippen LogP) is 1.46. The Balaban J connectivity index is 2.44. The minimum absolute atomic E-state index is 0.0201. The molecule has 1 amide bonds. The maximum Gasteiger partial charge on any atom is 0.312 e. The number of carbonyl (C=O) groups excluding carboxylic acids is 1. The smallest absolute Gasteiger partial charge is 0.312 e. The predicted molar refractivity (Wildman–Crippen MR) is 70.3 cm³/mol. The van der Waals surface area contributed by atoms with Gasteiger partial charge in [0.15, 0.2) is 5.75 Å². The molecule has 0 saturated heterocycles. The van der Waals surface area contributed by atoms with Crippen molar-refractivity contribution in [1.82, 2.24) is 4.98 Å². The molecule has 1 aromatic heterocycles. The second-order valence-corrected chi connectivity index (χ2v) is 3.82. The summed E-state index contributed by atoms with van der Waals surface area (Å²) in [7, 11) is 0. The van der Waals surface area contributed by atoms with Crippen LogP contribution in [0.5, 0.6) is 11.5 Å². The quantitative estimate of drug-likeness (QED) is 0.640. The second-order valence-electron chi connectivity index (χ2n) is 3.82. The minimum Gasteiger partial charge on any atom is -0.448 e. The van der Waals surface area contributed by atoms with Gasteiger partial charge in [0.05, 0.1) is 16.8 Å². The van der Waals surface area contributed by atoms with Crippen LogP contribution in [0.1, 0.15) is 10.4 Å². The number of anilines is 1. The van der Waals surface area contributed by atoms with Crippen molar-refractivity contribution < 1.29 is 14.5 Å². The first-order chi connectivity index (χ1) is 9.49. The first-order valence-corrected chi connectivity index (χ1v) is 5.44. The minimum atomic E-state index is -0.761. The average molecular weight is 274 g/mol. The number of aromatic nitrogens is 1. The van der Waals surface area contributed by atoms with Gasteiger partial charge in [0, 0.05) is 23.9 Å². The van der Waals surface area contributed by atoms with E-state index in [0.29, 0.717) is 0 Å². The maximum atomic E-state index is 11.0. The molecule has 20 heavy (non-hydrogen) atoms. The van der Waals surface area contributed by atoms with Crippen molar-refractivity contribution in [2.45, 2.75) is 0 Å². The molecule has 0 aliphatic carbocycles. The summed E-state index contributed by atoms with van der Waals surface area (Å²) in [5.41, 5.74) is 10.6. The van der Waals surface area contributed by atoms with E-state index >= 15 is 0 Å². The number of nitro groups is 1. The highest BCUT2D eigenvalue weighted by atomic mass is 16.6. The number of ether oxygens (including phenoxy) is 1. The summed E-state index contributed by atoms with van der Waals surface area (Å²) in [5.74, 6) is -0.573. The summed E-state index contributed by atoms with van der Waals surface area (Å²) < 4.78 is 5.38. The highest BCUT2D eigenvalue weighted by molar-refractivity contribution is 5.93. The molecule has 0 atom stereocenters. The van der Waals surface area contributed by atoms with Gasteiger partial charge in [-0.3, -0.25) is 19.9 Å². The van der Waals surface area contributed by atoms with E-state index in [2.05, 4.69) is 4.98 Å². The monoisotopic (exact) mass is 274 g/mol. The molecule has 0 spiro atoms. The molecule has 0 bridgehead atoms. The molecule has 0 unspecified atom stereocenters. The lowest BCUT2D eigenvalue weighted by atomic mass is 10.2. The molecule has 0 radical (unpaired) electrons. The highest BCUT2D eigenvalue weighted by Gasteiger charge is 2.19. The molecule has 1 heterocycles. The molecule has 0 aliphatic heterocycles. The fourth-order valence-electron chi connectivity index (χ4n) is 1.50. The lowest BCUT2D eigenvalue weighted by molar-refractivity contribution is -0.385. The number of pyridine rings is 1. The van der Waals surface area contributed by atoms with E-state index in [1.165, 1.54) is 30.6 Å². The Kier molecular flexibility index (Phi) is 3.47. The fraction of sp³-hybridized carbons (Fsp3) is 0. The zero-order valence-corrected chi connectivity index (χ0v) is 10.1. The van der Waals surface area contributed by atoms with Gasteiger partial charge in [0.1, 0.15) is 0 Å². The SMILES string of the molecule is NC(=O)c1ccc(Oc2ccncc2N)c([N+](=O)[O-])c1. The Morgan fingerprint density at radius 2 is 2.05 bits per heavy atom. The van der Waals surface area contributed by atoms with Crippen LogP contribution >= 0.6 is 0 Å². The van der Waals surface area contributed by atoms with Gasteiger partial charge in [-0.2, -0.15) is 0 Å². The normalized spacial score (nSPS) is 10.0. The van der Waals surface area contributed by atoms with E-state index < -0.39 is 10.8 Å². The van der Waals surface area contributed by atoms with E-state index in [0.717, 1.165) is 6.07 Å². The topological polar surface area (TPSA) is 134 Å². The number of nitrogen functional groups attached to an aromatic ring is 1. The van der Waals surface area contributed by atoms with Crippen molar-refractivity contribution in [1.29, 1.82) is 0 Å². The third kappa shape index (κ3) is 2.64. The fourth-order valence-corrected chi connectivity index (χ4v) is 1.50. The van der Waals surface area contributed by atoms with Gasteiger partial charge in [0.2, 0.25) is 11.7 Å². The first-order valence-electron chi connectivity index (χ1n) is 5.44. The van der Waals surface area contributed by atoms with Gasteiger partial charge in [0.25, 0.3) is 0 Å². The van der Waals surface area contributed by atoms with Crippen molar-refractivity contribution in [2.24, 2.45) is 5.73 Å². The van der Waals surface area contributed by atoms with Gasteiger partial charge in [-0.15, -0.1) is 0 Å². The number of benzene rings is 1. The second kappa shape index (κ2) is 5.22. The van der Waals surface area contributed by atoms with E-state index in [4.69, 9.17) is 16.2 Å². The summed E-state index contributed by atoms with van der Waals surface area (Å²) in [4.78, 5) is 25.1. The Morgan fingerprint density at radius 3 is 2.65 bits per heavy atom. The van der Waals surface area contributed by atoms with Crippen molar-refractivity contribution in [3.8, 4) is 11.5 Å². The largest absolute Gasteiger partial charge is 0.448 e. The van der Waals surface area contributed by atoms with Gasteiger partial charge in [-0.05, 0) is 12.1 Å². The molecule has 8 heteroatoms. The van der Waals surface area contributed by atoms with Crippen LogP contribution in [0.2, 0.25) is 0 Å². The molecule has 4 N–H and O–H groups in total. The van der Waals surface area contributed by atoms with Crippen molar-refractivity contribution in [2.75, 3.05) is 5.73 Å². The van der Waals surface area contributed by atoms with Crippen LogP contribution in [-0.4, -0.2) is 15.8 Å². The van der Waals surface area contributed by atoms with Crippen molar-refractivity contribution >= 4 is 17.3 Å². The lowest BCUT2D eigenvalue weighted by Gasteiger charge is -2.08. The van der Waals surface area contributed by atoms with Gasteiger partial charge in [-0.25, -0.2) is 0 Å². The number of hydrogen-bond acceptors (Lipinski definition) is 6. The van der Waals surface area contributed by atoms with Gasteiger partial charge < -0.3 is 16.2 Å². The van der Waals surface area contributed by atoms with Crippen LogP contribution in [-0.2, 0) is 0 Å². The van der Waals surface area contributed by atoms with E-state index in [1.807, 2.05) is 0 Å². The summed E-state index contributed by atoms with van der Waals surface area (Å²) in [5, 5.41) is 11.0. The summed E-state index contributed by atoms with van der Waals surface area (Å²) in [6, 6.07) is 5.15. The third-order valence-corrected chi connectivity index (χ3v) is 2.47. The molecular formula is C12H10N4O4. The Labute approximate surface area is 113 Å². The molecule has 2 rings (SSSR count). The molecule has 0 saturated carbocycles. The average Bonchev–Trinajstić information content (AvgIpc) is 2.41. The number of amides is 1. The number of nitrogens with two attached hydrogens (primary N) is 2. The molecule has 8 nitrogen and oxygen atoms in total.